The molecule has 4 heterocycles. The lowest BCUT2D eigenvalue weighted by atomic mass is 9.88. The highest BCUT2D eigenvalue weighted by atomic mass is 16.3. The van der Waals surface area contributed by atoms with Gasteiger partial charge in [0.25, 0.3) is 0 Å². The molecule has 292 valence electrons. The Hall–Kier alpha value is -8.54. The van der Waals surface area contributed by atoms with Crippen molar-refractivity contribution < 1.29 is 4.42 Å². The zero-order chi connectivity index (χ0) is 41.2. The highest BCUT2D eigenvalue weighted by Crippen LogP contribution is 2.55. The van der Waals surface area contributed by atoms with Gasteiger partial charge >= 0.3 is 0 Å². The van der Waals surface area contributed by atoms with Gasteiger partial charge in [-0.05, 0) is 76.3 Å². The SMILES string of the molecule is c1ccc(-n2c3ccccc3c3c(-c4nc(-c5ccc(N6c7c(ccc8ccccc78)-c7cccc8cccc6c78)c6ccccc56)nc5c4oc4ccccc45)cccc32)cc1. The maximum absolute atomic E-state index is 6.75. The summed E-state index contributed by atoms with van der Waals surface area (Å²) in [7, 11) is 0. The van der Waals surface area contributed by atoms with E-state index in [0.717, 1.165) is 82.9 Å². The van der Waals surface area contributed by atoms with E-state index in [4.69, 9.17) is 14.4 Å². The minimum Gasteiger partial charge on any atom is -0.452 e. The Morgan fingerprint density at radius 3 is 1.94 bits per heavy atom. The standard InChI is InChI=1S/C58H34N4O/c1-2-18-37(19-3-1)61-47-27-10-8-23-44(47)53-46(26-14-29-50(53)61)55-57-54(45-24-9-11-30-51(45)63-57)59-58(60-55)43-33-34-48(40-22-7-6-21-39(40)43)62-49-28-13-17-36-16-12-25-41(52(36)49)42-32-31-35-15-4-5-20-38(35)56(42)62/h1-34H. The molecule has 63 heavy (non-hydrogen) atoms. The molecule has 1 aliphatic heterocycles. The van der Waals surface area contributed by atoms with Crippen LogP contribution >= 0.6 is 0 Å². The molecule has 3 aromatic heterocycles. The van der Waals surface area contributed by atoms with E-state index < -0.39 is 0 Å². The van der Waals surface area contributed by atoms with Crippen LogP contribution in [-0.2, 0) is 0 Å². The summed E-state index contributed by atoms with van der Waals surface area (Å²) < 4.78 is 9.10. The Morgan fingerprint density at radius 1 is 0.381 bits per heavy atom. The molecule has 1 aliphatic rings. The second kappa shape index (κ2) is 13.0. The van der Waals surface area contributed by atoms with E-state index in [1.165, 1.54) is 38.4 Å². The number of furan rings is 1. The van der Waals surface area contributed by atoms with E-state index in [1.807, 2.05) is 12.1 Å². The molecule has 0 fully saturated rings. The molecule has 0 N–H and O–H groups in total. The van der Waals surface area contributed by atoms with Crippen LogP contribution in [0, 0.1) is 0 Å². The molecule has 0 amide bonds. The van der Waals surface area contributed by atoms with Crippen LogP contribution in [0.4, 0.5) is 17.1 Å². The van der Waals surface area contributed by atoms with E-state index in [2.05, 4.69) is 204 Å². The molecule has 0 radical (unpaired) electrons. The molecule has 0 atom stereocenters. The first-order valence-electron chi connectivity index (χ1n) is 21.4. The summed E-state index contributed by atoms with van der Waals surface area (Å²) in [5, 5.41) is 10.3. The van der Waals surface area contributed by atoms with Gasteiger partial charge in [-0.3, -0.25) is 0 Å². The summed E-state index contributed by atoms with van der Waals surface area (Å²) >= 11 is 0. The lowest BCUT2D eigenvalue weighted by molar-refractivity contribution is 0.667. The first-order valence-corrected chi connectivity index (χ1v) is 21.4. The molecular weight excluding hydrogens is 769 g/mol. The summed E-state index contributed by atoms with van der Waals surface area (Å²) in [6.07, 6.45) is 0. The molecule has 5 nitrogen and oxygen atoms in total. The van der Waals surface area contributed by atoms with Gasteiger partial charge in [0, 0.05) is 54.7 Å². The molecule has 0 aliphatic carbocycles. The fourth-order valence-electron chi connectivity index (χ4n) is 10.5. The summed E-state index contributed by atoms with van der Waals surface area (Å²) in [4.78, 5) is 13.5. The Morgan fingerprint density at radius 2 is 1.05 bits per heavy atom. The summed E-state index contributed by atoms with van der Waals surface area (Å²) in [5.74, 6) is 0.646. The van der Waals surface area contributed by atoms with Gasteiger partial charge in [-0.2, -0.15) is 0 Å². The van der Waals surface area contributed by atoms with Crippen molar-refractivity contribution in [3.63, 3.8) is 0 Å². The fourth-order valence-corrected chi connectivity index (χ4v) is 10.5. The topological polar surface area (TPSA) is 47.1 Å². The monoisotopic (exact) mass is 802 g/mol. The average Bonchev–Trinajstić information content (AvgIpc) is 3.90. The number of para-hydroxylation sites is 3. The van der Waals surface area contributed by atoms with Crippen LogP contribution in [0.15, 0.2) is 211 Å². The maximum atomic E-state index is 6.75. The summed E-state index contributed by atoms with van der Waals surface area (Å²) in [6, 6.07) is 73.7. The van der Waals surface area contributed by atoms with Gasteiger partial charge in [-0.25, -0.2) is 9.97 Å². The Labute approximate surface area is 361 Å². The largest absolute Gasteiger partial charge is 0.452 e. The van der Waals surface area contributed by atoms with Crippen molar-refractivity contribution in [2.24, 2.45) is 0 Å². The number of anilines is 3. The number of rotatable bonds is 4. The van der Waals surface area contributed by atoms with Crippen molar-refractivity contribution in [2.45, 2.75) is 0 Å². The van der Waals surface area contributed by atoms with Gasteiger partial charge in [0.2, 0.25) is 0 Å². The van der Waals surface area contributed by atoms with Crippen molar-refractivity contribution in [3.8, 4) is 39.5 Å². The van der Waals surface area contributed by atoms with Crippen LogP contribution in [0.1, 0.15) is 0 Å². The van der Waals surface area contributed by atoms with Crippen molar-refractivity contribution >= 4 is 93.3 Å². The number of benzene rings is 10. The van der Waals surface area contributed by atoms with Gasteiger partial charge in [-0.1, -0.05) is 152 Å². The van der Waals surface area contributed by atoms with E-state index in [1.54, 1.807) is 0 Å². The van der Waals surface area contributed by atoms with Gasteiger partial charge in [0.1, 0.15) is 16.8 Å². The average molecular weight is 803 g/mol. The second-order valence-electron chi connectivity index (χ2n) is 16.4. The zero-order valence-corrected chi connectivity index (χ0v) is 33.8. The number of fused-ring (bicyclic) bond motifs is 11. The third-order valence-electron chi connectivity index (χ3n) is 13.1. The van der Waals surface area contributed by atoms with Crippen molar-refractivity contribution in [3.05, 3.63) is 206 Å². The molecule has 0 spiro atoms. The number of nitrogens with zero attached hydrogens (tertiary/aromatic N) is 4. The molecule has 14 rings (SSSR count). The van der Waals surface area contributed by atoms with Gasteiger partial charge < -0.3 is 13.9 Å². The Kier molecular flexibility index (Phi) is 7.05. The minimum absolute atomic E-state index is 0.646. The minimum atomic E-state index is 0.646. The van der Waals surface area contributed by atoms with Gasteiger partial charge in [0.05, 0.1) is 28.1 Å². The summed E-state index contributed by atoms with van der Waals surface area (Å²) in [6.45, 7) is 0. The number of aromatic nitrogens is 3. The van der Waals surface area contributed by atoms with Crippen LogP contribution < -0.4 is 4.90 Å². The number of hydrogen-bond acceptors (Lipinski definition) is 4. The lowest BCUT2D eigenvalue weighted by Gasteiger charge is -2.35. The first kappa shape index (κ1) is 34.2. The molecule has 0 bridgehead atoms. The molecule has 13 aromatic rings. The van der Waals surface area contributed by atoms with Gasteiger partial charge in [-0.15, -0.1) is 0 Å². The first-order chi connectivity index (χ1) is 31.3. The molecule has 5 heteroatoms. The fraction of sp³-hybridized carbons (Fsp3) is 0. The molecular formula is C58H34N4O. The van der Waals surface area contributed by atoms with E-state index in [-0.39, 0.29) is 0 Å². The predicted octanol–water partition coefficient (Wildman–Crippen LogP) is 15.7. The smallest absolute Gasteiger partial charge is 0.180 e. The van der Waals surface area contributed by atoms with Crippen LogP contribution in [0.3, 0.4) is 0 Å². The normalized spacial score (nSPS) is 12.4. The van der Waals surface area contributed by atoms with Crippen LogP contribution in [0.5, 0.6) is 0 Å². The van der Waals surface area contributed by atoms with Gasteiger partial charge in [0.15, 0.2) is 11.4 Å². The zero-order valence-electron chi connectivity index (χ0n) is 33.8. The van der Waals surface area contributed by atoms with E-state index in [9.17, 15) is 0 Å². The van der Waals surface area contributed by atoms with E-state index in [0.29, 0.717) is 11.4 Å². The third kappa shape index (κ3) is 4.82. The second-order valence-corrected chi connectivity index (χ2v) is 16.4. The van der Waals surface area contributed by atoms with Crippen molar-refractivity contribution in [2.75, 3.05) is 4.90 Å². The van der Waals surface area contributed by atoms with Crippen molar-refractivity contribution in [1.29, 1.82) is 0 Å². The number of hydrogen-bond donors (Lipinski definition) is 0. The molecule has 10 aromatic carbocycles. The predicted molar refractivity (Wildman–Crippen MR) is 261 cm³/mol. The highest BCUT2D eigenvalue weighted by molar-refractivity contribution is 6.22. The van der Waals surface area contributed by atoms with Crippen LogP contribution in [-0.4, -0.2) is 14.5 Å². The van der Waals surface area contributed by atoms with Crippen LogP contribution in [0.25, 0.3) is 116 Å². The van der Waals surface area contributed by atoms with Crippen LogP contribution in [0.2, 0.25) is 0 Å². The van der Waals surface area contributed by atoms with Crippen molar-refractivity contribution in [1.82, 2.24) is 14.5 Å². The molecule has 0 saturated carbocycles. The Bertz CT molecular complexity index is 4040. The maximum Gasteiger partial charge on any atom is 0.180 e. The van der Waals surface area contributed by atoms with E-state index >= 15 is 0 Å². The lowest BCUT2D eigenvalue weighted by Crippen LogP contribution is -2.16. The third-order valence-corrected chi connectivity index (χ3v) is 13.1. The Balaban J connectivity index is 1.05. The quantitative estimate of drug-likeness (QED) is 0.178. The summed E-state index contributed by atoms with van der Waals surface area (Å²) in [5.41, 5.74) is 14.2. The molecule has 0 unspecified atom stereocenters. The molecule has 0 saturated heterocycles. The highest BCUT2D eigenvalue weighted by Gasteiger charge is 2.30.